The molecular formula is C17H19ClO3. The van der Waals surface area contributed by atoms with Gasteiger partial charge in [0.25, 0.3) is 0 Å². The van der Waals surface area contributed by atoms with E-state index in [9.17, 15) is 4.79 Å². The van der Waals surface area contributed by atoms with Crippen molar-refractivity contribution in [3.8, 4) is 0 Å². The lowest BCUT2D eigenvalue weighted by Gasteiger charge is -2.42. The molecule has 2 rings (SSSR count). The van der Waals surface area contributed by atoms with Crippen LogP contribution in [0.3, 0.4) is 0 Å². The maximum atomic E-state index is 12.5. The monoisotopic (exact) mass is 306 g/mol. The Kier molecular flexibility index (Phi) is 4.86. The molecule has 0 saturated carbocycles. The number of carbonyl (C=O) groups excluding carboxylic acids is 1. The Morgan fingerprint density at radius 1 is 1.52 bits per heavy atom. The van der Waals surface area contributed by atoms with Crippen LogP contribution < -0.4 is 0 Å². The van der Waals surface area contributed by atoms with Crippen LogP contribution in [-0.4, -0.2) is 26.3 Å². The van der Waals surface area contributed by atoms with E-state index in [2.05, 4.69) is 13.2 Å². The molecule has 3 nitrogen and oxygen atoms in total. The summed E-state index contributed by atoms with van der Waals surface area (Å²) in [7, 11) is 1.39. The number of benzene rings is 1. The van der Waals surface area contributed by atoms with Gasteiger partial charge in [-0.15, -0.1) is 6.58 Å². The Balaban J connectivity index is 2.53. The molecule has 0 aliphatic carbocycles. The molecule has 0 bridgehead atoms. The molecule has 21 heavy (non-hydrogen) atoms. The standard InChI is InChI=1S/C17H19ClO3/c1-4-9-17(16(19)20-3)11-21-10-12(2)15(17)13-5-7-14(18)8-6-13/h4-8,15H,1-2,9-11H2,3H3/t15-,17-/m1/s1. The van der Waals surface area contributed by atoms with Gasteiger partial charge in [-0.05, 0) is 29.7 Å². The fourth-order valence-electron chi connectivity index (χ4n) is 3.03. The van der Waals surface area contributed by atoms with Crippen LogP contribution in [0.15, 0.2) is 49.1 Å². The van der Waals surface area contributed by atoms with Gasteiger partial charge >= 0.3 is 5.97 Å². The molecule has 1 aliphatic rings. The predicted octanol–water partition coefficient (Wildman–Crippen LogP) is 3.75. The lowest BCUT2D eigenvalue weighted by Crippen LogP contribution is -2.46. The Bertz CT molecular complexity index is 550. The van der Waals surface area contributed by atoms with E-state index in [1.807, 2.05) is 24.3 Å². The average molecular weight is 307 g/mol. The van der Waals surface area contributed by atoms with Crippen LogP contribution in [-0.2, 0) is 14.3 Å². The Hall–Kier alpha value is -1.58. The first kappa shape index (κ1) is 15.8. The topological polar surface area (TPSA) is 35.5 Å². The van der Waals surface area contributed by atoms with E-state index in [1.165, 1.54) is 7.11 Å². The third-order valence-electron chi connectivity index (χ3n) is 3.91. The first-order valence-electron chi connectivity index (χ1n) is 6.75. The number of rotatable bonds is 4. The molecule has 112 valence electrons. The summed E-state index contributed by atoms with van der Waals surface area (Å²) in [6.07, 6.45) is 2.19. The van der Waals surface area contributed by atoms with Crippen molar-refractivity contribution < 1.29 is 14.3 Å². The lowest BCUT2D eigenvalue weighted by molar-refractivity contribution is -0.160. The highest BCUT2D eigenvalue weighted by Crippen LogP contribution is 2.47. The maximum Gasteiger partial charge on any atom is 0.315 e. The number of carbonyl (C=O) groups is 1. The SMILES string of the molecule is C=CC[C@@]1(C(=O)OC)COCC(=C)[C@@H]1c1ccc(Cl)cc1. The first-order valence-corrected chi connectivity index (χ1v) is 7.13. The van der Waals surface area contributed by atoms with Gasteiger partial charge in [-0.1, -0.05) is 36.4 Å². The zero-order valence-corrected chi connectivity index (χ0v) is 12.9. The summed E-state index contributed by atoms with van der Waals surface area (Å²) in [5.41, 5.74) is 1.02. The van der Waals surface area contributed by atoms with Crippen molar-refractivity contribution in [2.75, 3.05) is 20.3 Å². The van der Waals surface area contributed by atoms with E-state index < -0.39 is 5.41 Å². The number of allylic oxidation sites excluding steroid dienone is 1. The minimum absolute atomic E-state index is 0.172. The van der Waals surface area contributed by atoms with Crippen molar-refractivity contribution in [2.24, 2.45) is 5.41 Å². The zero-order valence-electron chi connectivity index (χ0n) is 12.1. The smallest absolute Gasteiger partial charge is 0.315 e. The van der Waals surface area contributed by atoms with Crippen LogP contribution in [0.5, 0.6) is 0 Å². The number of halogens is 1. The summed E-state index contributed by atoms with van der Waals surface area (Å²) in [4.78, 5) is 12.5. The van der Waals surface area contributed by atoms with E-state index in [0.29, 0.717) is 18.1 Å². The number of esters is 1. The largest absolute Gasteiger partial charge is 0.468 e. The van der Waals surface area contributed by atoms with Crippen LogP contribution in [0.1, 0.15) is 17.9 Å². The molecule has 0 aromatic heterocycles. The molecule has 1 saturated heterocycles. The fourth-order valence-corrected chi connectivity index (χ4v) is 3.16. The molecule has 1 heterocycles. The molecular weight excluding hydrogens is 288 g/mol. The molecule has 0 radical (unpaired) electrons. The van der Waals surface area contributed by atoms with Gasteiger partial charge in [0.15, 0.2) is 0 Å². The highest BCUT2D eigenvalue weighted by molar-refractivity contribution is 6.30. The van der Waals surface area contributed by atoms with E-state index in [0.717, 1.165) is 11.1 Å². The Labute approximate surface area is 130 Å². The zero-order chi connectivity index (χ0) is 15.5. The third kappa shape index (κ3) is 2.89. The summed E-state index contributed by atoms with van der Waals surface area (Å²) in [6.45, 7) is 8.58. The summed E-state index contributed by atoms with van der Waals surface area (Å²) >= 11 is 5.95. The van der Waals surface area contributed by atoms with Crippen molar-refractivity contribution in [3.63, 3.8) is 0 Å². The summed E-state index contributed by atoms with van der Waals surface area (Å²) in [5.74, 6) is -0.475. The predicted molar refractivity (Wildman–Crippen MR) is 83.4 cm³/mol. The van der Waals surface area contributed by atoms with Crippen molar-refractivity contribution in [2.45, 2.75) is 12.3 Å². The van der Waals surface area contributed by atoms with Gasteiger partial charge in [0.1, 0.15) is 5.41 Å². The Morgan fingerprint density at radius 2 is 2.19 bits per heavy atom. The van der Waals surface area contributed by atoms with Crippen molar-refractivity contribution in [1.82, 2.24) is 0 Å². The summed E-state index contributed by atoms with van der Waals surface area (Å²) < 4.78 is 10.6. The van der Waals surface area contributed by atoms with Gasteiger partial charge in [-0.25, -0.2) is 0 Å². The molecule has 0 amide bonds. The molecule has 2 atom stereocenters. The van der Waals surface area contributed by atoms with E-state index >= 15 is 0 Å². The highest BCUT2D eigenvalue weighted by atomic mass is 35.5. The molecule has 1 aromatic rings. The lowest BCUT2D eigenvalue weighted by atomic mass is 9.66. The number of hydrogen-bond acceptors (Lipinski definition) is 3. The van der Waals surface area contributed by atoms with E-state index in [4.69, 9.17) is 21.1 Å². The fraction of sp³-hybridized carbons (Fsp3) is 0.353. The van der Waals surface area contributed by atoms with Crippen molar-refractivity contribution in [3.05, 3.63) is 59.7 Å². The summed E-state index contributed by atoms with van der Waals surface area (Å²) in [6, 6.07) is 7.47. The van der Waals surface area contributed by atoms with Gasteiger partial charge in [-0.2, -0.15) is 0 Å². The van der Waals surface area contributed by atoms with Gasteiger partial charge in [0.2, 0.25) is 0 Å². The molecule has 0 N–H and O–H groups in total. The number of ether oxygens (including phenoxy) is 2. The average Bonchev–Trinajstić information content (AvgIpc) is 2.48. The van der Waals surface area contributed by atoms with Crippen molar-refractivity contribution in [1.29, 1.82) is 0 Å². The molecule has 0 unspecified atom stereocenters. The summed E-state index contributed by atoms with van der Waals surface area (Å²) in [5, 5.41) is 0.656. The second-order valence-corrected chi connectivity index (χ2v) is 5.71. The second-order valence-electron chi connectivity index (χ2n) is 5.28. The van der Waals surface area contributed by atoms with Crippen LogP contribution >= 0.6 is 11.6 Å². The van der Waals surface area contributed by atoms with Gasteiger partial charge < -0.3 is 9.47 Å². The van der Waals surface area contributed by atoms with Crippen LogP contribution in [0, 0.1) is 5.41 Å². The molecule has 4 heteroatoms. The molecule has 1 aliphatic heterocycles. The minimum atomic E-state index is -0.820. The van der Waals surface area contributed by atoms with E-state index in [1.54, 1.807) is 6.08 Å². The van der Waals surface area contributed by atoms with Gasteiger partial charge in [-0.3, -0.25) is 4.79 Å². The second kappa shape index (κ2) is 6.46. The third-order valence-corrected chi connectivity index (χ3v) is 4.16. The first-order chi connectivity index (χ1) is 10.0. The maximum absolute atomic E-state index is 12.5. The van der Waals surface area contributed by atoms with Crippen molar-refractivity contribution >= 4 is 17.6 Å². The van der Waals surface area contributed by atoms with Crippen LogP contribution in [0.2, 0.25) is 5.02 Å². The highest BCUT2D eigenvalue weighted by Gasteiger charge is 2.50. The quantitative estimate of drug-likeness (QED) is 0.628. The number of methoxy groups -OCH3 is 1. The van der Waals surface area contributed by atoms with Crippen LogP contribution in [0.25, 0.3) is 0 Å². The van der Waals surface area contributed by atoms with Gasteiger partial charge in [0, 0.05) is 10.9 Å². The molecule has 0 spiro atoms. The Morgan fingerprint density at radius 3 is 2.76 bits per heavy atom. The van der Waals surface area contributed by atoms with Gasteiger partial charge in [0.05, 0.1) is 20.3 Å². The molecule has 1 aromatic carbocycles. The molecule has 1 fully saturated rings. The van der Waals surface area contributed by atoms with E-state index in [-0.39, 0.29) is 18.5 Å². The normalized spacial score (nSPS) is 25.4. The van der Waals surface area contributed by atoms with Crippen LogP contribution in [0.4, 0.5) is 0 Å². The minimum Gasteiger partial charge on any atom is -0.468 e. The number of hydrogen-bond donors (Lipinski definition) is 0.